The van der Waals surface area contributed by atoms with Gasteiger partial charge in [-0.05, 0) is 19.1 Å². The van der Waals surface area contributed by atoms with Gasteiger partial charge in [-0.1, -0.05) is 0 Å². The Morgan fingerprint density at radius 1 is 1.53 bits per heavy atom. The number of benzene rings is 1. The number of hydrogen-bond donors (Lipinski definition) is 2. The van der Waals surface area contributed by atoms with Crippen LogP contribution in [0.1, 0.15) is 17.3 Å². The van der Waals surface area contributed by atoms with Gasteiger partial charge in [0.2, 0.25) is 0 Å². The van der Waals surface area contributed by atoms with E-state index in [1.54, 1.807) is 14.0 Å². The minimum absolute atomic E-state index is 0.130. The lowest BCUT2D eigenvalue weighted by Gasteiger charge is -2.13. The van der Waals surface area contributed by atoms with E-state index in [2.05, 4.69) is 10.6 Å². The molecule has 0 spiro atoms. The summed E-state index contributed by atoms with van der Waals surface area (Å²) in [5, 5.41) is 16.3. The van der Waals surface area contributed by atoms with Gasteiger partial charge in [-0.15, -0.1) is 0 Å². The van der Waals surface area contributed by atoms with Crippen molar-refractivity contribution in [2.24, 2.45) is 0 Å². The van der Waals surface area contributed by atoms with E-state index in [0.29, 0.717) is 12.3 Å². The Kier molecular flexibility index (Phi) is 5.25. The molecule has 0 aliphatic heterocycles. The fourth-order valence-corrected chi connectivity index (χ4v) is 1.63. The maximum absolute atomic E-state index is 11.9. The quantitative estimate of drug-likeness (QED) is 0.600. The van der Waals surface area contributed by atoms with E-state index in [4.69, 9.17) is 4.74 Å². The molecule has 7 nitrogen and oxygen atoms in total. The van der Waals surface area contributed by atoms with E-state index in [1.165, 1.54) is 25.3 Å². The fraction of sp³-hybridized carbons (Fsp3) is 0.417. The molecule has 1 rings (SSSR count). The van der Waals surface area contributed by atoms with Crippen LogP contribution in [-0.2, 0) is 4.74 Å². The summed E-state index contributed by atoms with van der Waals surface area (Å²) in [5.74, 6) is -0.365. The number of nitrogens with zero attached hydrogens (tertiary/aromatic N) is 1. The van der Waals surface area contributed by atoms with E-state index < -0.39 is 4.92 Å². The number of rotatable bonds is 6. The number of ether oxygens (including phenoxy) is 1. The van der Waals surface area contributed by atoms with Gasteiger partial charge in [0.1, 0.15) is 5.69 Å². The Morgan fingerprint density at radius 3 is 2.74 bits per heavy atom. The van der Waals surface area contributed by atoms with Gasteiger partial charge in [0.25, 0.3) is 11.6 Å². The summed E-state index contributed by atoms with van der Waals surface area (Å²) in [5.41, 5.74) is 0.481. The molecule has 0 saturated heterocycles. The minimum Gasteiger partial charge on any atom is -0.383 e. The standard InChI is InChI=1S/C12H17N3O4/c1-8(7-19-3)14-12(16)9-4-5-10(13-2)11(6-9)15(17)18/h4-6,8,13H,7H2,1-3H3,(H,14,16). The molecule has 1 atom stereocenters. The number of carbonyl (C=O) groups is 1. The van der Waals surface area contributed by atoms with Crippen molar-refractivity contribution in [3.63, 3.8) is 0 Å². The van der Waals surface area contributed by atoms with Gasteiger partial charge < -0.3 is 15.4 Å². The summed E-state index contributed by atoms with van der Waals surface area (Å²) in [6.45, 7) is 2.17. The molecule has 0 bridgehead atoms. The van der Waals surface area contributed by atoms with E-state index >= 15 is 0 Å². The van der Waals surface area contributed by atoms with Crippen molar-refractivity contribution in [3.8, 4) is 0 Å². The zero-order valence-electron chi connectivity index (χ0n) is 11.1. The average Bonchev–Trinajstić information content (AvgIpc) is 2.37. The van der Waals surface area contributed by atoms with Crippen LogP contribution in [-0.4, -0.2) is 37.6 Å². The second-order valence-corrected chi connectivity index (χ2v) is 4.07. The smallest absolute Gasteiger partial charge is 0.293 e. The number of nitrogens with one attached hydrogen (secondary N) is 2. The van der Waals surface area contributed by atoms with Crippen molar-refractivity contribution >= 4 is 17.3 Å². The third-order valence-corrected chi connectivity index (χ3v) is 2.52. The highest BCUT2D eigenvalue weighted by atomic mass is 16.6. The van der Waals surface area contributed by atoms with Gasteiger partial charge in [0.05, 0.1) is 11.5 Å². The number of hydrogen-bond acceptors (Lipinski definition) is 5. The van der Waals surface area contributed by atoms with Crippen LogP contribution in [0.15, 0.2) is 18.2 Å². The van der Waals surface area contributed by atoms with Gasteiger partial charge in [0, 0.05) is 31.8 Å². The Hall–Kier alpha value is -2.15. The first-order chi connectivity index (χ1) is 8.99. The Labute approximate surface area is 111 Å². The molecule has 104 valence electrons. The highest BCUT2D eigenvalue weighted by Crippen LogP contribution is 2.24. The lowest BCUT2D eigenvalue weighted by atomic mass is 10.1. The monoisotopic (exact) mass is 267 g/mol. The zero-order valence-corrected chi connectivity index (χ0v) is 11.1. The van der Waals surface area contributed by atoms with Crippen LogP contribution in [0.2, 0.25) is 0 Å². The molecule has 7 heteroatoms. The lowest BCUT2D eigenvalue weighted by molar-refractivity contribution is -0.384. The normalized spacial score (nSPS) is 11.7. The highest BCUT2D eigenvalue weighted by molar-refractivity contribution is 5.95. The summed E-state index contributed by atoms with van der Waals surface area (Å²) in [4.78, 5) is 22.3. The van der Waals surface area contributed by atoms with E-state index in [1.807, 2.05) is 0 Å². The van der Waals surface area contributed by atoms with Gasteiger partial charge in [-0.25, -0.2) is 0 Å². The summed E-state index contributed by atoms with van der Waals surface area (Å²) in [7, 11) is 3.12. The fourth-order valence-electron chi connectivity index (χ4n) is 1.63. The number of nitro groups is 1. The molecule has 19 heavy (non-hydrogen) atoms. The summed E-state index contributed by atoms with van der Waals surface area (Å²) in [6.07, 6.45) is 0. The number of carbonyl (C=O) groups excluding carboxylic acids is 1. The van der Waals surface area contributed by atoms with Crippen LogP contribution in [0, 0.1) is 10.1 Å². The van der Waals surface area contributed by atoms with Crippen molar-refractivity contribution in [2.75, 3.05) is 26.1 Å². The molecule has 1 amide bonds. The topological polar surface area (TPSA) is 93.5 Å². The predicted molar refractivity (Wildman–Crippen MR) is 71.4 cm³/mol. The van der Waals surface area contributed by atoms with Crippen molar-refractivity contribution in [1.82, 2.24) is 5.32 Å². The minimum atomic E-state index is -0.527. The molecule has 0 aromatic heterocycles. The number of methoxy groups -OCH3 is 1. The van der Waals surface area contributed by atoms with E-state index in [0.717, 1.165) is 0 Å². The van der Waals surface area contributed by atoms with Crippen molar-refractivity contribution in [2.45, 2.75) is 13.0 Å². The Balaban J connectivity index is 2.92. The second kappa shape index (κ2) is 6.69. The van der Waals surface area contributed by atoms with E-state index in [9.17, 15) is 14.9 Å². The van der Waals surface area contributed by atoms with Gasteiger partial charge in [0.15, 0.2) is 0 Å². The first kappa shape index (κ1) is 14.9. The molecule has 2 N–H and O–H groups in total. The second-order valence-electron chi connectivity index (χ2n) is 4.07. The number of amides is 1. The first-order valence-electron chi connectivity index (χ1n) is 5.75. The lowest BCUT2D eigenvalue weighted by Crippen LogP contribution is -2.35. The predicted octanol–water partition coefficient (Wildman–Crippen LogP) is 1.40. The Morgan fingerprint density at radius 2 is 2.21 bits per heavy atom. The van der Waals surface area contributed by atoms with Crippen LogP contribution in [0.25, 0.3) is 0 Å². The SMILES string of the molecule is CNc1ccc(C(=O)NC(C)COC)cc1[N+](=O)[O-]. The third kappa shape index (κ3) is 3.92. The largest absolute Gasteiger partial charge is 0.383 e. The van der Waals surface area contributed by atoms with Crippen molar-refractivity contribution < 1.29 is 14.5 Å². The Bertz CT molecular complexity index is 476. The van der Waals surface area contributed by atoms with Gasteiger partial charge >= 0.3 is 0 Å². The molecule has 0 radical (unpaired) electrons. The van der Waals surface area contributed by atoms with Crippen molar-refractivity contribution in [3.05, 3.63) is 33.9 Å². The first-order valence-corrected chi connectivity index (χ1v) is 5.75. The van der Waals surface area contributed by atoms with Gasteiger partial charge in [-0.3, -0.25) is 14.9 Å². The zero-order chi connectivity index (χ0) is 14.4. The molecule has 0 saturated carbocycles. The molecule has 1 aromatic rings. The molecular formula is C12H17N3O4. The molecule has 0 aliphatic carbocycles. The highest BCUT2D eigenvalue weighted by Gasteiger charge is 2.17. The molecular weight excluding hydrogens is 250 g/mol. The van der Waals surface area contributed by atoms with Crippen LogP contribution < -0.4 is 10.6 Å². The molecule has 0 fully saturated rings. The molecule has 1 aromatic carbocycles. The third-order valence-electron chi connectivity index (χ3n) is 2.52. The molecule has 0 aliphatic rings. The summed E-state index contributed by atoms with van der Waals surface area (Å²) >= 11 is 0. The van der Waals surface area contributed by atoms with Crippen LogP contribution in [0.4, 0.5) is 11.4 Å². The van der Waals surface area contributed by atoms with Crippen molar-refractivity contribution in [1.29, 1.82) is 0 Å². The molecule has 0 heterocycles. The average molecular weight is 267 g/mol. The van der Waals surface area contributed by atoms with Crippen LogP contribution in [0.3, 0.4) is 0 Å². The van der Waals surface area contributed by atoms with E-state index in [-0.39, 0.29) is 23.2 Å². The van der Waals surface area contributed by atoms with Crippen LogP contribution >= 0.6 is 0 Å². The maximum atomic E-state index is 11.9. The molecule has 1 unspecified atom stereocenters. The number of nitro benzene ring substituents is 1. The number of anilines is 1. The van der Waals surface area contributed by atoms with Gasteiger partial charge in [-0.2, -0.15) is 0 Å². The maximum Gasteiger partial charge on any atom is 0.293 e. The summed E-state index contributed by atoms with van der Waals surface area (Å²) in [6, 6.07) is 4.13. The van der Waals surface area contributed by atoms with Crippen LogP contribution in [0.5, 0.6) is 0 Å². The summed E-state index contributed by atoms with van der Waals surface area (Å²) < 4.78 is 4.91.